The van der Waals surface area contributed by atoms with Gasteiger partial charge in [-0.25, -0.2) is 4.39 Å². The van der Waals surface area contributed by atoms with Crippen molar-refractivity contribution in [1.82, 2.24) is 10.1 Å². The molecule has 0 radical (unpaired) electrons. The van der Waals surface area contributed by atoms with Gasteiger partial charge >= 0.3 is 0 Å². The fraction of sp³-hybridized carbons (Fsp3) is 0.438. The average molecular weight is 305 g/mol. The molecule has 118 valence electrons. The minimum absolute atomic E-state index is 0.135. The molecule has 2 aromatic rings. The minimum Gasteiger partial charge on any atom is -0.388 e. The van der Waals surface area contributed by atoms with Gasteiger partial charge in [-0.2, -0.15) is 0 Å². The van der Waals surface area contributed by atoms with E-state index in [1.807, 2.05) is 12.1 Å². The molecule has 0 amide bonds. The molecule has 1 aliphatic heterocycles. The topological polar surface area (TPSA) is 52.7 Å². The van der Waals surface area contributed by atoms with Crippen molar-refractivity contribution < 1.29 is 14.0 Å². The first-order chi connectivity index (χ1) is 10.7. The molecular weight excluding hydrogens is 285 g/mol. The number of piperazine rings is 1. The lowest BCUT2D eigenvalue weighted by atomic mass is 10.1. The normalized spacial score (nSPS) is 19.6. The van der Waals surface area contributed by atoms with Crippen molar-refractivity contribution in [2.45, 2.75) is 26.1 Å². The van der Waals surface area contributed by atoms with Gasteiger partial charge in [0.15, 0.2) is 5.76 Å². The first-order valence-corrected chi connectivity index (χ1v) is 7.46. The number of aliphatic hydroxyl groups excluding tert-OH is 1. The van der Waals surface area contributed by atoms with Crippen LogP contribution in [-0.2, 0) is 13.2 Å². The monoisotopic (exact) mass is 305 g/mol. The highest BCUT2D eigenvalue weighted by molar-refractivity contribution is 5.48. The van der Waals surface area contributed by atoms with E-state index in [1.54, 1.807) is 12.1 Å². The van der Waals surface area contributed by atoms with Crippen molar-refractivity contribution in [1.29, 1.82) is 0 Å². The van der Waals surface area contributed by atoms with E-state index in [1.165, 1.54) is 6.07 Å². The number of hydrogen-bond donors (Lipinski definition) is 1. The van der Waals surface area contributed by atoms with Gasteiger partial charge in [-0.1, -0.05) is 17.3 Å². The largest absolute Gasteiger partial charge is 0.388 e. The van der Waals surface area contributed by atoms with E-state index in [0.29, 0.717) is 18.0 Å². The molecule has 1 aromatic carbocycles. The lowest BCUT2D eigenvalue weighted by molar-refractivity contribution is 0.175. The fourth-order valence-corrected chi connectivity index (χ4v) is 2.87. The predicted octanol–water partition coefficient (Wildman–Crippen LogP) is 2.02. The van der Waals surface area contributed by atoms with Gasteiger partial charge in [0.2, 0.25) is 0 Å². The molecule has 5 nitrogen and oxygen atoms in total. The molecular formula is C16H20FN3O2. The number of benzene rings is 1. The van der Waals surface area contributed by atoms with Crippen molar-refractivity contribution in [3.05, 3.63) is 47.6 Å². The third-order valence-corrected chi connectivity index (χ3v) is 4.09. The van der Waals surface area contributed by atoms with Crippen molar-refractivity contribution in [3.63, 3.8) is 0 Å². The SMILES string of the molecule is CC1CN(c2ccccc2F)CCN1Cc1cc(CO)on1. The summed E-state index contributed by atoms with van der Waals surface area (Å²) in [6.45, 7) is 5.04. The number of hydrogen-bond acceptors (Lipinski definition) is 5. The zero-order valence-corrected chi connectivity index (χ0v) is 12.6. The molecule has 0 bridgehead atoms. The first-order valence-electron chi connectivity index (χ1n) is 7.46. The minimum atomic E-state index is -0.174. The van der Waals surface area contributed by atoms with Gasteiger partial charge in [-0.15, -0.1) is 0 Å². The smallest absolute Gasteiger partial charge is 0.162 e. The Morgan fingerprint density at radius 2 is 2.18 bits per heavy atom. The van der Waals surface area contributed by atoms with Gasteiger partial charge in [-0.3, -0.25) is 4.90 Å². The molecule has 2 heterocycles. The van der Waals surface area contributed by atoms with Crippen LogP contribution in [-0.4, -0.2) is 40.8 Å². The third kappa shape index (κ3) is 3.13. The predicted molar refractivity (Wildman–Crippen MR) is 80.9 cm³/mol. The second-order valence-electron chi connectivity index (χ2n) is 5.66. The fourth-order valence-electron chi connectivity index (χ4n) is 2.87. The Balaban J connectivity index is 1.64. The van der Waals surface area contributed by atoms with Crippen LogP contribution in [0.2, 0.25) is 0 Å². The zero-order chi connectivity index (χ0) is 15.5. The molecule has 1 aromatic heterocycles. The Kier molecular flexibility index (Phi) is 4.40. The highest BCUT2D eigenvalue weighted by atomic mass is 19.1. The lowest BCUT2D eigenvalue weighted by Gasteiger charge is -2.40. The van der Waals surface area contributed by atoms with Crippen LogP contribution < -0.4 is 4.90 Å². The molecule has 6 heteroatoms. The molecule has 0 spiro atoms. The van der Waals surface area contributed by atoms with Crippen LogP contribution in [0.3, 0.4) is 0 Å². The van der Waals surface area contributed by atoms with E-state index in [2.05, 4.69) is 21.9 Å². The summed E-state index contributed by atoms with van der Waals surface area (Å²) in [5.74, 6) is 0.305. The second-order valence-corrected chi connectivity index (χ2v) is 5.66. The van der Waals surface area contributed by atoms with Crippen LogP contribution in [0.15, 0.2) is 34.9 Å². The molecule has 1 unspecified atom stereocenters. The quantitative estimate of drug-likeness (QED) is 0.936. The van der Waals surface area contributed by atoms with Gasteiger partial charge in [0.05, 0.1) is 11.4 Å². The third-order valence-electron chi connectivity index (χ3n) is 4.09. The Hall–Kier alpha value is -1.92. The Morgan fingerprint density at radius 1 is 1.36 bits per heavy atom. The van der Waals surface area contributed by atoms with Gasteiger partial charge in [0, 0.05) is 38.3 Å². The zero-order valence-electron chi connectivity index (χ0n) is 12.6. The van der Waals surface area contributed by atoms with E-state index < -0.39 is 0 Å². The van der Waals surface area contributed by atoms with Crippen molar-refractivity contribution in [2.75, 3.05) is 24.5 Å². The number of nitrogens with zero attached hydrogens (tertiary/aromatic N) is 3. The van der Waals surface area contributed by atoms with E-state index in [-0.39, 0.29) is 18.5 Å². The Morgan fingerprint density at radius 3 is 2.86 bits per heavy atom. The number of rotatable bonds is 4. The van der Waals surface area contributed by atoms with Gasteiger partial charge < -0.3 is 14.5 Å². The standard InChI is InChI=1S/C16H20FN3O2/c1-12-9-20(16-5-3-2-4-15(16)17)7-6-19(12)10-13-8-14(11-21)22-18-13/h2-5,8,12,21H,6-7,9-11H2,1H3. The van der Waals surface area contributed by atoms with Crippen molar-refractivity contribution >= 4 is 5.69 Å². The maximum Gasteiger partial charge on any atom is 0.162 e. The summed E-state index contributed by atoms with van der Waals surface area (Å²) >= 11 is 0. The van der Waals surface area contributed by atoms with E-state index in [9.17, 15) is 4.39 Å². The first kappa shape index (κ1) is 15.0. The van der Waals surface area contributed by atoms with Crippen LogP contribution in [0.5, 0.6) is 0 Å². The maximum absolute atomic E-state index is 13.9. The molecule has 1 aliphatic rings. The van der Waals surface area contributed by atoms with E-state index >= 15 is 0 Å². The summed E-state index contributed by atoms with van der Waals surface area (Å²) in [5, 5.41) is 13.0. The summed E-state index contributed by atoms with van der Waals surface area (Å²) < 4.78 is 18.9. The molecule has 22 heavy (non-hydrogen) atoms. The summed E-state index contributed by atoms with van der Waals surface area (Å²) in [4.78, 5) is 4.37. The van der Waals surface area contributed by atoms with Crippen LogP contribution in [0, 0.1) is 5.82 Å². The summed E-state index contributed by atoms with van der Waals surface area (Å²) in [6.07, 6.45) is 0. The molecule has 1 N–H and O–H groups in total. The number of aromatic nitrogens is 1. The summed E-state index contributed by atoms with van der Waals surface area (Å²) in [5.41, 5.74) is 1.48. The van der Waals surface area contributed by atoms with Crippen molar-refractivity contribution in [3.8, 4) is 0 Å². The molecule has 1 saturated heterocycles. The maximum atomic E-state index is 13.9. The molecule has 1 atom stereocenters. The number of para-hydroxylation sites is 1. The Bertz CT molecular complexity index is 631. The average Bonchev–Trinajstić information content (AvgIpc) is 2.98. The molecule has 1 fully saturated rings. The highest BCUT2D eigenvalue weighted by Crippen LogP contribution is 2.23. The lowest BCUT2D eigenvalue weighted by Crippen LogP contribution is -2.51. The van der Waals surface area contributed by atoms with Crippen LogP contribution in [0.25, 0.3) is 0 Å². The molecule has 0 aliphatic carbocycles. The number of halogens is 1. The number of anilines is 1. The van der Waals surface area contributed by atoms with Crippen LogP contribution in [0.1, 0.15) is 18.4 Å². The van der Waals surface area contributed by atoms with Crippen molar-refractivity contribution in [2.24, 2.45) is 0 Å². The van der Waals surface area contributed by atoms with Gasteiger partial charge in [-0.05, 0) is 19.1 Å². The molecule has 0 saturated carbocycles. The summed E-state index contributed by atoms with van der Waals surface area (Å²) in [6, 6.07) is 8.95. The second kappa shape index (κ2) is 6.46. The highest BCUT2D eigenvalue weighted by Gasteiger charge is 2.25. The van der Waals surface area contributed by atoms with Crippen LogP contribution in [0.4, 0.5) is 10.1 Å². The van der Waals surface area contributed by atoms with Gasteiger partial charge in [0.25, 0.3) is 0 Å². The van der Waals surface area contributed by atoms with Gasteiger partial charge in [0.1, 0.15) is 12.4 Å². The Labute approximate surface area is 128 Å². The van der Waals surface area contributed by atoms with E-state index in [0.717, 1.165) is 25.3 Å². The summed E-state index contributed by atoms with van der Waals surface area (Å²) in [7, 11) is 0. The van der Waals surface area contributed by atoms with E-state index in [4.69, 9.17) is 9.63 Å². The number of aliphatic hydroxyl groups is 1. The molecule has 3 rings (SSSR count). The van der Waals surface area contributed by atoms with Crippen LogP contribution >= 0.6 is 0 Å².